The fraction of sp³-hybridized carbons (Fsp3) is 0.143. The van der Waals surface area contributed by atoms with Crippen LogP contribution in [0, 0.1) is 13.8 Å². The number of aryl methyl sites for hydroxylation is 1. The van der Waals surface area contributed by atoms with E-state index < -0.39 is 24.3 Å². The number of aromatic nitrogens is 2. The largest absolute Gasteiger partial charge is 0.450 e. The molecule has 0 aliphatic rings. The number of para-hydroxylation sites is 2. The van der Waals surface area contributed by atoms with Gasteiger partial charge < -0.3 is 10.1 Å². The summed E-state index contributed by atoms with van der Waals surface area (Å²) in [6.07, 6.45) is 0.638. The minimum absolute atomic E-state index is 0.174. The SMILES string of the molecule is Cc1nn(-c2ccccc2)c(C)c1C(=O)C(=O)OCC(=O)Nc1ccccc1Cc1ccccc1. The molecule has 0 bridgehead atoms. The van der Waals surface area contributed by atoms with Gasteiger partial charge in [-0.3, -0.25) is 9.59 Å². The van der Waals surface area contributed by atoms with Crippen LogP contribution >= 0.6 is 0 Å². The predicted molar refractivity (Wildman–Crippen MR) is 133 cm³/mol. The molecule has 35 heavy (non-hydrogen) atoms. The smallest absolute Gasteiger partial charge is 0.380 e. The summed E-state index contributed by atoms with van der Waals surface area (Å²) >= 11 is 0. The molecule has 176 valence electrons. The lowest BCUT2D eigenvalue weighted by molar-refractivity contribution is -0.142. The van der Waals surface area contributed by atoms with E-state index in [1.807, 2.05) is 78.9 Å². The highest BCUT2D eigenvalue weighted by molar-refractivity contribution is 6.41. The van der Waals surface area contributed by atoms with Crippen molar-refractivity contribution >= 4 is 23.3 Å². The summed E-state index contributed by atoms with van der Waals surface area (Å²) in [6, 6.07) is 26.6. The van der Waals surface area contributed by atoms with Gasteiger partial charge in [0.05, 0.1) is 22.6 Å². The van der Waals surface area contributed by atoms with Crippen molar-refractivity contribution in [3.8, 4) is 5.69 Å². The van der Waals surface area contributed by atoms with Gasteiger partial charge in [-0.05, 0) is 49.6 Å². The Morgan fingerprint density at radius 1 is 0.857 bits per heavy atom. The zero-order valence-electron chi connectivity index (χ0n) is 19.5. The molecule has 0 radical (unpaired) electrons. The number of nitrogens with zero attached hydrogens (tertiary/aromatic N) is 2. The van der Waals surface area contributed by atoms with Gasteiger partial charge in [-0.1, -0.05) is 66.7 Å². The number of rotatable bonds is 8. The molecule has 0 saturated heterocycles. The van der Waals surface area contributed by atoms with Gasteiger partial charge in [-0.25, -0.2) is 9.48 Å². The molecule has 1 N–H and O–H groups in total. The summed E-state index contributed by atoms with van der Waals surface area (Å²) in [7, 11) is 0. The van der Waals surface area contributed by atoms with Crippen LogP contribution in [0.3, 0.4) is 0 Å². The Morgan fingerprint density at radius 2 is 1.49 bits per heavy atom. The number of hydrogen-bond acceptors (Lipinski definition) is 5. The van der Waals surface area contributed by atoms with Crippen LogP contribution in [0.25, 0.3) is 5.69 Å². The van der Waals surface area contributed by atoms with Crippen LogP contribution in [0.15, 0.2) is 84.9 Å². The van der Waals surface area contributed by atoms with Crippen LogP contribution in [-0.4, -0.2) is 34.0 Å². The van der Waals surface area contributed by atoms with Crippen molar-refractivity contribution in [1.82, 2.24) is 9.78 Å². The van der Waals surface area contributed by atoms with Gasteiger partial charge in [-0.15, -0.1) is 0 Å². The van der Waals surface area contributed by atoms with Gasteiger partial charge in [0.1, 0.15) is 0 Å². The zero-order valence-corrected chi connectivity index (χ0v) is 19.5. The molecule has 7 heteroatoms. The van der Waals surface area contributed by atoms with E-state index in [0.717, 1.165) is 16.8 Å². The predicted octanol–water partition coefficient (Wildman–Crippen LogP) is 4.44. The van der Waals surface area contributed by atoms with Crippen LogP contribution in [0.2, 0.25) is 0 Å². The summed E-state index contributed by atoms with van der Waals surface area (Å²) < 4.78 is 6.64. The molecule has 4 aromatic rings. The summed E-state index contributed by atoms with van der Waals surface area (Å²) in [6.45, 7) is 2.79. The molecule has 0 saturated carbocycles. The van der Waals surface area contributed by atoms with Crippen LogP contribution in [0.5, 0.6) is 0 Å². The molecule has 3 aromatic carbocycles. The van der Waals surface area contributed by atoms with Crippen molar-refractivity contribution in [3.05, 3.63) is 113 Å². The number of benzene rings is 3. The van der Waals surface area contributed by atoms with Gasteiger partial charge in [0.2, 0.25) is 0 Å². The molecule has 4 rings (SSSR count). The number of ketones is 1. The van der Waals surface area contributed by atoms with E-state index in [2.05, 4.69) is 10.4 Å². The first-order chi connectivity index (χ1) is 16.9. The second kappa shape index (κ2) is 10.6. The van der Waals surface area contributed by atoms with E-state index in [1.54, 1.807) is 24.6 Å². The van der Waals surface area contributed by atoms with Crippen LogP contribution in [0.4, 0.5) is 5.69 Å². The van der Waals surface area contributed by atoms with E-state index in [0.29, 0.717) is 23.5 Å². The van der Waals surface area contributed by atoms with Crippen molar-refractivity contribution < 1.29 is 19.1 Å². The number of esters is 1. The molecule has 1 aromatic heterocycles. The third-order valence-corrected chi connectivity index (χ3v) is 5.57. The lowest BCUT2D eigenvalue weighted by Gasteiger charge is -2.11. The Balaban J connectivity index is 1.40. The molecular weight excluding hydrogens is 442 g/mol. The topological polar surface area (TPSA) is 90.3 Å². The highest BCUT2D eigenvalue weighted by Gasteiger charge is 2.27. The molecule has 0 fully saturated rings. The maximum Gasteiger partial charge on any atom is 0.380 e. The minimum atomic E-state index is -1.10. The van der Waals surface area contributed by atoms with Crippen molar-refractivity contribution in [2.75, 3.05) is 11.9 Å². The van der Waals surface area contributed by atoms with Gasteiger partial charge in [0.25, 0.3) is 11.7 Å². The Morgan fingerprint density at radius 3 is 2.20 bits per heavy atom. The van der Waals surface area contributed by atoms with Gasteiger partial charge >= 0.3 is 5.97 Å². The number of nitrogens with one attached hydrogen (secondary N) is 1. The lowest BCUT2D eigenvalue weighted by Crippen LogP contribution is -2.26. The highest BCUT2D eigenvalue weighted by Crippen LogP contribution is 2.20. The Bertz CT molecular complexity index is 1360. The quantitative estimate of drug-likeness (QED) is 0.235. The number of hydrogen-bond donors (Lipinski definition) is 1. The van der Waals surface area contributed by atoms with Crippen molar-refractivity contribution in [2.45, 2.75) is 20.3 Å². The summed E-state index contributed by atoms with van der Waals surface area (Å²) in [5, 5.41) is 7.16. The second-order valence-corrected chi connectivity index (χ2v) is 8.07. The number of anilines is 1. The summed E-state index contributed by atoms with van der Waals surface area (Å²) in [5.41, 5.74) is 4.53. The maximum atomic E-state index is 12.8. The van der Waals surface area contributed by atoms with Gasteiger partial charge in [0.15, 0.2) is 6.61 Å². The second-order valence-electron chi connectivity index (χ2n) is 8.07. The maximum absolute atomic E-state index is 12.8. The normalized spacial score (nSPS) is 10.6. The van der Waals surface area contributed by atoms with Crippen LogP contribution in [0.1, 0.15) is 32.9 Å². The standard InChI is InChI=1S/C28H25N3O4/c1-19-26(20(2)31(30-19)23-14-7-4-8-15-23)27(33)28(34)35-18-25(32)29-24-16-10-9-13-22(24)17-21-11-5-3-6-12-21/h3-16H,17-18H2,1-2H3,(H,29,32). The number of Topliss-reactive ketones (excluding diaryl/α,β-unsaturated/α-hetero) is 1. The van der Waals surface area contributed by atoms with E-state index >= 15 is 0 Å². The van der Waals surface area contributed by atoms with Crippen LogP contribution in [-0.2, 0) is 20.7 Å². The Hall–Kier alpha value is -4.52. The van der Waals surface area contributed by atoms with Crippen molar-refractivity contribution in [2.24, 2.45) is 0 Å². The highest BCUT2D eigenvalue weighted by atomic mass is 16.5. The van der Waals surface area contributed by atoms with Crippen molar-refractivity contribution in [1.29, 1.82) is 0 Å². The molecular formula is C28H25N3O4. The van der Waals surface area contributed by atoms with E-state index in [-0.39, 0.29) is 5.56 Å². The Kier molecular flexibility index (Phi) is 7.16. The number of carbonyl (C=O) groups is 3. The third-order valence-electron chi connectivity index (χ3n) is 5.57. The average Bonchev–Trinajstić information content (AvgIpc) is 3.18. The number of ether oxygens (including phenoxy) is 1. The van der Waals surface area contributed by atoms with E-state index in [9.17, 15) is 14.4 Å². The average molecular weight is 468 g/mol. The summed E-state index contributed by atoms with van der Waals surface area (Å²) in [5.74, 6) is -2.46. The molecule has 0 aliphatic heterocycles. The third kappa shape index (κ3) is 5.52. The monoisotopic (exact) mass is 467 g/mol. The first-order valence-electron chi connectivity index (χ1n) is 11.2. The molecule has 1 heterocycles. The van der Waals surface area contributed by atoms with Gasteiger partial charge in [-0.2, -0.15) is 5.10 Å². The summed E-state index contributed by atoms with van der Waals surface area (Å²) in [4.78, 5) is 37.8. The van der Waals surface area contributed by atoms with E-state index in [1.165, 1.54) is 0 Å². The molecule has 0 spiro atoms. The zero-order chi connectivity index (χ0) is 24.8. The fourth-order valence-electron chi connectivity index (χ4n) is 3.89. The fourth-order valence-corrected chi connectivity index (χ4v) is 3.89. The van der Waals surface area contributed by atoms with E-state index in [4.69, 9.17) is 4.74 Å². The van der Waals surface area contributed by atoms with Crippen molar-refractivity contribution in [3.63, 3.8) is 0 Å². The molecule has 0 unspecified atom stereocenters. The minimum Gasteiger partial charge on any atom is -0.450 e. The molecule has 0 aliphatic carbocycles. The first kappa shape index (κ1) is 23.6. The van der Waals surface area contributed by atoms with Crippen LogP contribution < -0.4 is 5.32 Å². The first-order valence-corrected chi connectivity index (χ1v) is 11.2. The molecule has 1 amide bonds. The van der Waals surface area contributed by atoms with Gasteiger partial charge in [0, 0.05) is 5.69 Å². The number of amides is 1. The lowest BCUT2D eigenvalue weighted by atomic mass is 10.0. The molecule has 7 nitrogen and oxygen atoms in total. The molecule has 0 atom stereocenters. The Labute approximate surface area is 203 Å². The number of carbonyl (C=O) groups excluding carboxylic acids is 3.